The van der Waals surface area contributed by atoms with Crippen molar-refractivity contribution in [1.29, 1.82) is 0 Å². The molecule has 0 atom stereocenters. The van der Waals surface area contributed by atoms with Crippen molar-refractivity contribution >= 4 is 43.3 Å². The first-order valence-electron chi connectivity index (χ1n) is 6.75. The zero-order valence-corrected chi connectivity index (χ0v) is 13.6. The van der Waals surface area contributed by atoms with Gasteiger partial charge in [0, 0.05) is 0 Å². The standard InChI is InChI=1S/C16H11AsN4O/c1-22-10-5-2-4-9(8-10)11-6-3-7-12-13(11)18-20-15-14(12)19-21-16(15)17/h2-8H,1H3,(H,19,21). The molecule has 0 aliphatic carbocycles. The van der Waals surface area contributed by atoms with E-state index in [0.29, 0.717) is 0 Å². The second kappa shape index (κ2) is 5.11. The molecule has 0 unspecified atom stereocenters. The molecule has 0 saturated carbocycles. The van der Waals surface area contributed by atoms with Crippen LogP contribution in [0, 0.1) is 0 Å². The van der Waals surface area contributed by atoms with Crippen LogP contribution in [-0.4, -0.2) is 44.4 Å². The van der Waals surface area contributed by atoms with Gasteiger partial charge in [-0.15, -0.1) is 0 Å². The Morgan fingerprint density at radius 3 is 2.68 bits per heavy atom. The minimum absolute atomic E-state index is 0.787. The van der Waals surface area contributed by atoms with E-state index < -0.39 is 0 Å². The van der Waals surface area contributed by atoms with Crippen LogP contribution >= 0.6 is 0 Å². The number of aromatic amines is 1. The summed E-state index contributed by atoms with van der Waals surface area (Å²) in [4.78, 5) is 0. The summed E-state index contributed by atoms with van der Waals surface area (Å²) >= 11 is 2.43. The van der Waals surface area contributed by atoms with E-state index in [4.69, 9.17) is 4.74 Å². The maximum atomic E-state index is 5.31. The summed E-state index contributed by atoms with van der Waals surface area (Å²) in [6.07, 6.45) is 0. The summed E-state index contributed by atoms with van der Waals surface area (Å²) in [5, 5.41) is 17.0. The second-order valence-corrected chi connectivity index (χ2v) is 5.84. The number of hydrogen-bond donors (Lipinski definition) is 1. The zero-order chi connectivity index (χ0) is 15.1. The number of methoxy groups -OCH3 is 1. The predicted molar refractivity (Wildman–Crippen MR) is 86.6 cm³/mol. The van der Waals surface area contributed by atoms with Crippen LogP contribution in [0.2, 0.25) is 0 Å². The molecule has 6 heteroatoms. The van der Waals surface area contributed by atoms with E-state index >= 15 is 0 Å². The van der Waals surface area contributed by atoms with E-state index in [2.05, 4.69) is 37.2 Å². The average molecular weight is 350 g/mol. The molecule has 0 saturated heterocycles. The SMILES string of the molecule is COc1cccc(-c2cccc3c2nnc2c([As])[nH]nc23)c1. The fraction of sp³-hybridized carbons (Fsp3) is 0.0625. The van der Waals surface area contributed by atoms with Crippen LogP contribution in [0.25, 0.3) is 33.1 Å². The monoisotopic (exact) mass is 350 g/mol. The number of aromatic nitrogens is 4. The molecule has 5 nitrogen and oxygen atoms in total. The summed E-state index contributed by atoms with van der Waals surface area (Å²) in [5.74, 6) is 0.816. The van der Waals surface area contributed by atoms with Crippen molar-refractivity contribution in [1.82, 2.24) is 20.4 Å². The van der Waals surface area contributed by atoms with E-state index in [1.54, 1.807) is 7.11 Å². The van der Waals surface area contributed by atoms with Crippen LogP contribution < -0.4 is 9.22 Å². The number of H-pyrrole nitrogens is 1. The van der Waals surface area contributed by atoms with E-state index in [9.17, 15) is 0 Å². The summed E-state index contributed by atoms with van der Waals surface area (Å²) in [5.41, 5.74) is 4.52. The van der Waals surface area contributed by atoms with Crippen molar-refractivity contribution in [2.24, 2.45) is 0 Å². The topological polar surface area (TPSA) is 63.7 Å². The Hall–Kier alpha value is -2.39. The average Bonchev–Trinajstić information content (AvgIpc) is 2.96. The molecule has 2 aromatic carbocycles. The number of fused-ring (bicyclic) bond motifs is 3. The molecule has 2 heterocycles. The Labute approximate surface area is 135 Å². The number of hydrogen-bond acceptors (Lipinski definition) is 4. The van der Waals surface area contributed by atoms with Gasteiger partial charge >= 0.3 is 135 Å². The molecule has 0 spiro atoms. The molecule has 0 aliphatic rings. The molecule has 0 fully saturated rings. The molecule has 22 heavy (non-hydrogen) atoms. The van der Waals surface area contributed by atoms with Gasteiger partial charge in [-0.05, 0) is 0 Å². The molecule has 1 N–H and O–H groups in total. The van der Waals surface area contributed by atoms with Gasteiger partial charge < -0.3 is 0 Å². The van der Waals surface area contributed by atoms with Gasteiger partial charge in [0.25, 0.3) is 0 Å². The van der Waals surface area contributed by atoms with Crippen LogP contribution in [0.4, 0.5) is 0 Å². The maximum absolute atomic E-state index is 5.31. The molecule has 4 aromatic rings. The summed E-state index contributed by atoms with van der Waals surface area (Å²) in [6, 6.07) is 14.0. The molecular formula is C16H11AsN4O. The van der Waals surface area contributed by atoms with Crippen molar-refractivity contribution in [2.75, 3.05) is 7.11 Å². The van der Waals surface area contributed by atoms with Gasteiger partial charge in [0.1, 0.15) is 0 Å². The normalized spacial score (nSPS) is 11.2. The van der Waals surface area contributed by atoms with Gasteiger partial charge in [-0.25, -0.2) is 0 Å². The molecule has 0 amide bonds. The van der Waals surface area contributed by atoms with Crippen molar-refractivity contribution in [3.8, 4) is 16.9 Å². The first-order chi connectivity index (χ1) is 10.8. The van der Waals surface area contributed by atoms with Gasteiger partial charge in [0.15, 0.2) is 0 Å². The second-order valence-electron chi connectivity index (χ2n) is 4.90. The number of nitrogens with zero attached hydrogens (tertiary/aromatic N) is 3. The molecule has 0 aliphatic heterocycles. The van der Waals surface area contributed by atoms with Crippen molar-refractivity contribution in [3.05, 3.63) is 42.5 Å². The summed E-state index contributed by atoms with van der Waals surface area (Å²) < 4.78 is 6.17. The van der Waals surface area contributed by atoms with Gasteiger partial charge in [0.05, 0.1) is 0 Å². The third-order valence-corrected chi connectivity index (χ3v) is 4.30. The Morgan fingerprint density at radius 2 is 1.82 bits per heavy atom. The van der Waals surface area contributed by atoms with Gasteiger partial charge in [0.2, 0.25) is 0 Å². The first-order valence-corrected chi connectivity index (χ1v) is 7.68. The molecule has 0 bridgehead atoms. The van der Waals surface area contributed by atoms with Crippen molar-refractivity contribution in [2.45, 2.75) is 0 Å². The van der Waals surface area contributed by atoms with Crippen LogP contribution in [0.3, 0.4) is 0 Å². The quantitative estimate of drug-likeness (QED) is 0.562. The number of benzene rings is 2. The Morgan fingerprint density at radius 1 is 1.00 bits per heavy atom. The molecule has 2 aromatic heterocycles. The van der Waals surface area contributed by atoms with Crippen LogP contribution in [-0.2, 0) is 0 Å². The first kappa shape index (κ1) is 13.3. The Bertz CT molecular complexity index is 996. The minimum atomic E-state index is 0.787. The van der Waals surface area contributed by atoms with Gasteiger partial charge in [-0.2, -0.15) is 0 Å². The molecule has 2 radical (unpaired) electrons. The van der Waals surface area contributed by atoms with Crippen LogP contribution in [0.5, 0.6) is 5.75 Å². The van der Waals surface area contributed by atoms with Crippen LogP contribution in [0.1, 0.15) is 0 Å². The van der Waals surface area contributed by atoms with E-state index in [1.165, 1.54) is 0 Å². The van der Waals surface area contributed by atoms with E-state index in [0.717, 1.165) is 43.3 Å². The third-order valence-electron chi connectivity index (χ3n) is 3.64. The Kier molecular flexibility index (Phi) is 3.08. The van der Waals surface area contributed by atoms with Crippen molar-refractivity contribution in [3.63, 3.8) is 0 Å². The fourth-order valence-electron chi connectivity index (χ4n) is 2.58. The Balaban J connectivity index is 2.04. The van der Waals surface area contributed by atoms with E-state index in [1.807, 2.05) is 42.5 Å². The van der Waals surface area contributed by atoms with Crippen LogP contribution in [0.15, 0.2) is 42.5 Å². The molecule has 106 valence electrons. The summed E-state index contributed by atoms with van der Waals surface area (Å²) in [7, 11) is 1.66. The fourth-order valence-corrected chi connectivity index (χ4v) is 3.00. The third kappa shape index (κ3) is 1.97. The molecular weight excluding hydrogens is 339 g/mol. The predicted octanol–water partition coefficient (Wildman–Crippen LogP) is 1.98. The number of ether oxygens (including phenoxy) is 1. The zero-order valence-electron chi connectivity index (χ0n) is 11.7. The number of nitrogens with one attached hydrogen (secondary N) is 1. The number of rotatable bonds is 2. The van der Waals surface area contributed by atoms with E-state index in [-0.39, 0.29) is 0 Å². The van der Waals surface area contributed by atoms with Gasteiger partial charge in [-0.3, -0.25) is 0 Å². The molecule has 4 rings (SSSR count). The van der Waals surface area contributed by atoms with Crippen molar-refractivity contribution < 1.29 is 4.74 Å². The summed E-state index contributed by atoms with van der Waals surface area (Å²) in [6.45, 7) is 0. The van der Waals surface area contributed by atoms with Gasteiger partial charge in [-0.1, -0.05) is 0 Å².